The second-order valence-electron chi connectivity index (χ2n) is 5.33. The molecule has 5 nitrogen and oxygen atoms in total. The fourth-order valence-electron chi connectivity index (χ4n) is 2.38. The molecule has 96 valence electrons. The Morgan fingerprint density at radius 1 is 1.39 bits per heavy atom. The van der Waals surface area contributed by atoms with E-state index in [1.807, 2.05) is 29.8 Å². The maximum Gasteiger partial charge on any atom is 0.233 e. The summed E-state index contributed by atoms with van der Waals surface area (Å²) in [5.74, 6) is 0.747. The Labute approximate surface area is 106 Å². The van der Waals surface area contributed by atoms with Gasteiger partial charge in [0.2, 0.25) is 5.78 Å². The van der Waals surface area contributed by atoms with Gasteiger partial charge >= 0.3 is 0 Å². The Kier molecular flexibility index (Phi) is 2.80. The Bertz CT molecular complexity index is 506. The number of hydrogen-bond donors (Lipinski definition) is 1. The van der Waals surface area contributed by atoms with Gasteiger partial charge in [0.15, 0.2) is 0 Å². The third-order valence-electron chi connectivity index (χ3n) is 3.60. The molecule has 1 N–H and O–H groups in total. The van der Waals surface area contributed by atoms with E-state index in [9.17, 15) is 5.11 Å². The van der Waals surface area contributed by atoms with E-state index in [4.69, 9.17) is 0 Å². The fourth-order valence-corrected chi connectivity index (χ4v) is 2.38. The molecule has 2 aromatic heterocycles. The third kappa shape index (κ3) is 2.37. The van der Waals surface area contributed by atoms with Crippen molar-refractivity contribution in [3.05, 3.63) is 30.4 Å². The molecule has 1 aliphatic rings. The second kappa shape index (κ2) is 4.33. The lowest BCUT2D eigenvalue weighted by Gasteiger charge is -2.35. The maximum absolute atomic E-state index is 9.92. The van der Waals surface area contributed by atoms with Crippen molar-refractivity contribution >= 4 is 5.78 Å². The van der Waals surface area contributed by atoms with Gasteiger partial charge in [-0.2, -0.15) is 0 Å². The number of aliphatic hydroxyl groups is 1. The van der Waals surface area contributed by atoms with Gasteiger partial charge in [0.1, 0.15) is 0 Å². The van der Waals surface area contributed by atoms with Crippen LogP contribution in [0.3, 0.4) is 0 Å². The molecule has 0 atom stereocenters. The van der Waals surface area contributed by atoms with Gasteiger partial charge in [0.05, 0.1) is 11.3 Å². The van der Waals surface area contributed by atoms with Crippen molar-refractivity contribution in [1.82, 2.24) is 19.3 Å². The molecule has 1 aliphatic heterocycles. The highest BCUT2D eigenvalue weighted by atomic mass is 16.3. The van der Waals surface area contributed by atoms with Gasteiger partial charge in [-0.3, -0.25) is 9.30 Å². The van der Waals surface area contributed by atoms with Crippen molar-refractivity contribution in [2.75, 3.05) is 13.1 Å². The normalized spacial score (nSPS) is 20.3. The summed E-state index contributed by atoms with van der Waals surface area (Å²) >= 11 is 0. The number of piperidine rings is 1. The first-order chi connectivity index (χ1) is 8.62. The third-order valence-corrected chi connectivity index (χ3v) is 3.60. The molecule has 0 aromatic carbocycles. The molecule has 5 heteroatoms. The minimum absolute atomic E-state index is 0.489. The van der Waals surface area contributed by atoms with Crippen LogP contribution in [0, 0.1) is 0 Å². The van der Waals surface area contributed by atoms with Crippen molar-refractivity contribution < 1.29 is 5.11 Å². The van der Waals surface area contributed by atoms with E-state index < -0.39 is 5.60 Å². The van der Waals surface area contributed by atoms with E-state index >= 15 is 0 Å². The van der Waals surface area contributed by atoms with E-state index in [0.29, 0.717) is 0 Å². The van der Waals surface area contributed by atoms with Crippen LogP contribution in [0.5, 0.6) is 0 Å². The Morgan fingerprint density at radius 2 is 2.17 bits per heavy atom. The van der Waals surface area contributed by atoms with Crippen LogP contribution in [0.1, 0.15) is 25.5 Å². The van der Waals surface area contributed by atoms with Crippen LogP contribution >= 0.6 is 0 Å². The lowest BCUT2D eigenvalue weighted by molar-refractivity contribution is -0.00754. The number of likely N-dealkylation sites (tertiary alicyclic amines) is 1. The van der Waals surface area contributed by atoms with Crippen molar-refractivity contribution in [3.63, 3.8) is 0 Å². The van der Waals surface area contributed by atoms with Gasteiger partial charge in [-0.1, -0.05) is 0 Å². The largest absolute Gasteiger partial charge is 0.390 e. The molecule has 1 fully saturated rings. The number of rotatable bonds is 2. The van der Waals surface area contributed by atoms with Crippen LogP contribution in [0.2, 0.25) is 0 Å². The van der Waals surface area contributed by atoms with E-state index in [1.54, 1.807) is 6.20 Å². The van der Waals surface area contributed by atoms with Crippen LogP contribution in [0.4, 0.5) is 0 Å². The van der Waals surface area contributed by atoms with Crippen LogP contribution in [-0.4, -0.2) is 43.1 Å². The van der Waals surface area contributed by atoms with Crippen molar-refractivity contribution in [3.8, 4) is 0 Å². The van der Waals surface area contributed by atoms with Gasteiger partial charge in [0.25, 0.3) is 0 Å². The second-order valence-corrected chi connectivity index (χ2v) is 5.33. The number of aromatic nitrogens is 3. The highest BCUT2D eigenvalue weighted by Crippen LogP contribution is 2.22. The molecular formula is C13H18N4O. The van der Waals surface area contributed by atoms with Crippen LogP contribution in [0.15, 0.2) is 24.7 Å². The summed E-state index contributed by atoms with van der Waals surface area (Å²) in [6, 6.07) is 1.90. The van der Waals surface area contributed by atoms with E-state index in [2.05, 4.69) is 14.9 Å². The standard InChI is InChI=1S/C13H18N4O/c1-13(18)3-7-16(8-4-13)9-11-10-17-6-2-5-14-12(17)15-11/h2,5-6,10,18H,3-4,7-9H2,1H3. The summed E-state index contributed by atoms with van der Waals surface area (Å²) in [6.45, 7) is 4.60. The lowest BCUT2D eigenvalue weighted by Crippen LogP contribution is -2.42. The lowest BCUT2D eigenvalue weighted by atomic mass is 9.94. The number of fused-ring (bicyclic) bond motifs is 1. The van der Waals surface area contributed by atoms with E-state index in [-0.39, 0.29) is 0 Å². The summed E-state index contributed by atoms with van der Waals surface area (Å²) in [5, 5.41) is 9.92. The Balaban J connectivity index is 1.69. The zero-order valence-corrected chi connectivity index (χ0v) is 10.6. The molecule has 0 radical (unpaired) electrons. The smallest absolute Gasteiger partial charge is 0.233 e. The molecule has 1 saturated heterocycles. The summed E-state index contributed by atoms with van der Waals surface area (Å²) in [4.78, 5) is 11.0. The Hall–Kier alpha value is -1.46. The minimum atomic E-state index is -0.489. The summed E-state index contributed by atoms with van der Waals surface area (Å²) in [5.41, 5.74) is 0.548. The molecule has 3 rings (SSSR count). The van der Waals surface area contributed by atoms with Crippen molar-refractivity contribution in [2.24, 2.45) is 0 Å². The average Bonchev–Trinajstić information content (AvgIpc) is 2.74. The van der Waals surface area contributed by atoms with Crippen LogP contribution < -0.4 is 0 Å². The number of imidazole rings is 1. The molecule has 0 amide bonds. The topological polar surface area (TPSA) is 53.7 Å². The molecule has 0 spiro atoms. The summed E-state index contributed by atoms with van der Waals surface area (Å²) < 4.78 is 1.94. The molecule has 3 heterocycles. The first-order valence-electron chi connectivity index (χ1n) is 6.36. The molecule has 0 bridgehead atoms. The number of hydrogen-bond acceptors (Lipinski definition) is 4. The molecule has 0 saturated carbocycles. The van der Waals surface area contributed by atoms with E-state index in [0.717, 1.165) is 43.9 Å². The first-order valence-corrected chi connectivity index (χ1v) is 6.36. The highest BCUT2D eigenvalue weighted by molar-refractivity contribution is 5.29. The van der Waals surface area contributed by atoms with Gasteiger partial charge in [-0.05, 0) is 25.8 Å². The van der Waals surface area contributed by atoms with Crippen molar-refractivity contribution in [1.29, 1.82) is 0 Å². The fraction of sp³-hybridized carbons (Fsp3) is 0.538. The van der Waals surface area contributed by atoms with Gasteiger partial charge in [0, 0.05) is 38.2 Å². The molecule has 18 heavy (non-hydrogen) atoms. The monoisotopic (exact) mass is 246 g/mol. The highest BCUT2D eigenvalue weighted by Gasteiger charge is 2.27. The Morgan fingerprint density at radius 3 is 2.89 bits per heavy atom. The molecular weight excluding hydrogens is 228 g/mol. The maximum atomic E-state index is 9.92. The zero-order valence-electron chi connectivity index (χ0n) is 10.6. The van der Waals surface area contributed by atoms with Gasteiger partial charge < -0.3 is 5.11 Å². The van der Waals surface area contributed by atoms with Gasteiger partial charge in [-0.15, -0.1) is 0 Å². The van der Waals surface area contributed by atoms with Gasteiger partial charge in [-0.25, -0.2) is 9.97 Å². The van der Waals surface area contributed by atoms with E-state index in [1.165, 1.54) is 0 Å². The summed E-state index contributed by atoms with van der Waals surface area (Å²) in [6.07, 6.45) is 7.40. The van der Waals surface area contributed by atoms with Crippen LogP contribution in [-0.2, 0) is 6.54 Å². The molecule has 0 unspecified atom stereocenters. The molecule has 0 aliphatic carbocycles. The molecule has 2 aromatic rings. The predicted octanol–water partition coefficient (Wildman–Crippen LogP) is 1.08. The first kappa shape index (κ1) is 11.6. The summed E-state index contributed by atoms with van der Waals surface area (Å²) in [7, 11) is 0. The quantitative estimate of drug-likeness (QED) is 0.861. The van der Waals surface area contributed by atoms with Crippen molar-refractivity contribution in [2.45, 2.75) is 31.9 Å². The van der Waals surface area contributed by atoms with Crippen LogP contribution in [0.25, 0.3) is 5.78 Å². The zero-order chi connectivity index (χ0) is 12.6. The number of nitrogens with zero attached hydrogens (tertiary/aromatic N) is 4. The minimum Gasteiger partial charge on any atom is -0.390 e. The predicted molar refractivity (Wildman–Crippen MR) is 68.1 cm³/mol. The average molecular weight is 246 g/mol. The SMILES string of the molecule is CC1(O)CCN(Cc2cn3cccnc3n2)CC1.